The number of carboxylic acids is 1. The van der Waals surface area contributed by atoms with Crippen LogP contribution in [0.4, 0.5) is 0 Å². The van der Waals surface area contributed by atoms with Crippen molar-refractivity contribution in [3.05, 3.63) is 0 Å². The number of rotatable bonds is 21. The Balaban J connectivity index is 1.33. The third-order valence-corrected chi connectivity index (χ3v) is 15.1. The minimum atomic E-state index is -3.27. The van der Waals surface area contributed by atoms with Crippen LogP contribution in [0.1, 0.15) is 6.42 Å². The summed E-state index contributed by atoms with van der Waals surface area (Å²) in [5, 5.41) is 257. The van der Waals surface area contributed by atoms with Crippen molar-refractivity contribution in [2.75, 3.05) is 46.2 Å². The van der Waals surface area contributed by atoms with E-state index in [-0.39, 0.29) is 0 Å². The van der Waals surface area contributed by atoms with Crippen LogP contribution in [-0.2, 0) is 66.4 Å². The van der Waals surface area contributed by atoms with Gasteiger partial charge in [0.05, 0.1) is 52.4 Å². The first kappa shape index (κ1) is 67.5. The Morgan fingerprint density at radius 2 is 0.732 bits per heavy atom. The average molecular weight is 1210 g/mol. The smallest absolute Gasteiger partial charge is 0.364 e. The zero-order valence-electron chi connectivity index (χ0n) is 42.7. The average Bonchev–Trinajstić information content (AvgIpc) is 3.45. The summed E-state index contributed by atoms with van der Waals surface area (Å²) in [7, 11) is 0. The van der Waals surface area contributed by atoms with Crippen molar-refractivity contribution < 1.29 is 189 Å². The van der Waals surface area contributed by atoms with Crippen molar-refractivity contribution in [3.63, 3.8) is 0 Å². The fraction of sp³-hybridized carbons (Fsp3) is 0.977. The van der Waals surface area contributed by atoms with Gasteiger partial charge < -0.3 is 184 Å². The zero-order chi connectivity index (χ0) is 60.6. The minimum absolute atomic E-state index is 0.982. The van der Waals surface area contributed by atoms with Gasteiger partial charge in [0.2, 0.25) is 0 Å². The maximum atomic E-state index is 12.4. The molecule has 0 saturated carbocycles. The predicted molar refractivity (Wildman–Crippen MR) is 243 cm³/mol. The van der Waals surface area contributed by atoms with Crippen LogP contribution in [0, 0.1) is 0 Å². The van der Waals surface area contributed by atoms with Crippen molar-refractivity contribution in [3.8, 4) is 0 Å². The van der Waals surface area contributed by atoms with E-state index in [9.17, 15) is 127 Å². The fourth-order valence-corrected chi connectivity index (χ4v) is 10.3. The molecule has 38 heteroatoms. The lowest BCUT2D eigenvalue weighted by molar-refractivity contribution is -0.413. The highest BCUT2D eigenvalue weighted by Gasteiger charge is 2.60. The number of carboxylic acid groups (broad SMARTS) is 1. The third kappa shape index (κ3) is 13.8. The quantitative estimate of drug-likeness (QED) is 0.0507. The van der Waals surface area contributed by atoms with E-state index in [2.05, 4.69) is 0 Å². The number of ether oxygens (including phenoxy) is 13. The summed E-state index contributed by atoms with van der Waals surface area (Å²) >= 11 is 0. The Morgan fingerprint density at radius 1 is 0.402 bits per heavy atom. The lowest BCUT2D eigenvalue weighted by atomic mass is 9.92. The number of aliphatic hydroxyl groups is 23. The van der Waals surface area contributed by atoms with Crippen molar-refractivity contribution in [1.82, 2.24) is 0 Å². The summed E-state index contributed by atoms with van der Waals surface area (Å²) in [6.07, 6.45) is -74.3. The number of carbonyl (C=O) groups is 1. The molecule has 7 saturated heterocycles. The molecule has 0 aromatic carbocycles. The van der Waals surface area contributed by atoms with Crippen LogP contribution in [0.3, 0.4) is 0 Å². The molecule has 0 aromatic rings. The highest BCUT2D eigenvalue weighted by molar-refractivity contribution is 5.75. The first-order valence-electron chi connectivity index (χ1n) is 25.7. The van der Waals surface area contributed by atoms with Gasteiger partial charge in [-0.3, -0.25) is 0 Å². The van der Waals surface area contributed by atoms with Crippen LogP contribution in [0.5, 0.6) is 0 Å². The van der Waals surface area contributed by atoms with Gasteiger partial charge in [-0.05, 0) is 0 Å². The summed E-state index contributed by atoms with van der Waals surface area (Å²) in [5.74, 6) is -5.37. The van der Waals surface area contributed by atoms with Crippen molar-refractivity contribution >= 4 is 5.97 Å². The van der Waals surface area contributed by atoms with Gasteiger partial charge in [-0.15, -0.1) is 0 Å². The second-order valence-corrected chi connectivity index (χ2v) is 20.6. The van der Waals surface area contributed by atoms with Crippen LogP contribution in [0.15, 0.2) is 0 Å². The van der Waals surface area contributed by atoms with Gasteiger partial charge in [0.15, 0.2) is 37.7 Å². The molecule has 0 amide bonds. The summed E-state index contributed by atoms with van der Waals surface area (Å²) in [6, 6.07) is 0. The predicted octanol–water partition coefficient (Wildman–Crippen LogP) is -16.4. The van der Waals surface area contributed by atoms with E-state index in [1.807, 2.05) is 0 Å². The Labute approximate surface area is 461 Å². The summed E-state index contributed by atoms with van der Waals surface area (Å²) in [6.45, 7) is -7.80. The van der Waals surface area contributed by atoms with Gasteiger partial charge in [0.1, 0.15) is 165 Å². The Kier molecular flexibility index (Phi) is 23.4. The summed E-state index contributed by atoms with van der Waals surface area (Å²) in [5.41, 5.74) is 0. The van der Waals surface area contributed by atoms with Crippen LogP contribution >= 0.6 is 0 Å². The first-order chi connectivity index (χ1) is 38.7. The van der Waals surface area contributed by atoms with Gasteiger partial charge in [-0.25, -0.2) is 4.79 Å². The molecule has 35 atom stereocenters. The third-order valence-electron chi connectivity index (χ3n) is 15.1. The van der Waals surface area contributed by atoms with E-state index in [4.69, 9.17) is 61.6 Å². The second kappa shape index (κ2) is 28.5. The van der Waals surface area contributed by atoms with E-state index >= 15 is 0 Å². The Bertz CT molecular complexity index is 1980. The first-order valence-corrected chi connectivity index (χ1v) is 25.7. The Hall–Kier alpha value is -1.97. The number of aliphatic hydroxyl groups excluding tert-OH is 22. The molecule has 0 bridgehead atoms. The second-order valence-electron chi connectivity index (χ2n) is 20.6. The van der Waals surface area contributed by atoms with E-state index in [1.165, 1.54) is 0 Å². The highest BCUT2D eigenvalue weighted by Crippen LogP contribution is 2.40. The molecule has 478 valence electrons. The fourth-order valence-electron chi connectivity index (χ4n) is 10.3. The van der Waals surface area contributed by atoms with Gasteiger partial charge in [-0.2, -0.15) is 0 Å². The standard InChI is InChI=1S/C44H74O38/c45-2-10(52)32-31(9(51)1-44(69,82-32)43(67)68)77-40-30(66)34(79-37-27(63)22(58)17(53)11(3-46)71-37)33(78-42-36(26(62)21(57)15(7-50)75-42)81-39-29(65)24(60)19(55)13(5-48)73-39)16(76-40)8-70-41-35(25(61)20(56)14(6-49)74-41)80-38-28(64)23(59)18(54)12(4-47)72-38/h9-42,45-66,69H,1-8H2,(H,67,68)/t9-,10-,11-,12-,13-,14-,15-,16-,17-,18-,19-,20-,21-,22+,23+,24+,25+,26+,27-,28-,29-,30-,31-,32-,33-,34-,35-,36-,37+,38-,39-,40-,41-,42+,44-/m1/s1. The monoisotopic (exact) mass is 1210 g/mol. The lowest BCUT2D eigenvalue weighted by Gasteiger charge is -2.51. The van der Waals surface area contributed by atoms with Crippen molar-refractivity contribution in [2.45, 2.75) is 221 Å². The normalized spacial score (nSPS) is 51.8. The molecule has 7 aliphatic rings. The number of hydrogen-bond donors (Lipinski definition) is 24. The van der Waals surface area contributed by atoms with Crippen molar-refractivity contribution in [2.24, 2.45) is 0 Å². The molecule has 0 aliphatic carbocycles. The van der Waals surface area contributed by atoms with Crippen molar-refractivity contribution in [1.29, 1.82) is 0 Å². The van der Waals surface area contributed by atoms with E-state index in [1.54, 1.807) is 0 Å². The molecule has 38 nitrogen and oxygen atoms in total. The Morgan fingerprint density at radius 3 is 1.13 bits per heavy atom. The number of hydrogen-bond acceptors (Lipinski definition) is 37. The summed E-state index contributed by atoms with van der Waals surface area (Å²) in [4.78, 5) is 12.1. The maximum absolute atomic E-state index is 12.4. The minimum Gasteiger partial charge on any atom is -0.477 e. The molecule has 7 heterocycles. The largest absolute Gasteiger partial charge is 0.477 e. The summed E-state index contributed by atoms with van der Waals surface area (Å²) < 4.78 is 75.2. The van der Waals surface area contributed by atoms with Crippen LogP contribution in [-0.4, -0.2) is 389 Å². The van der Waals surface area contributed by atoms with Gasteiger partial charge in [0.25, 0.3) is 5.79 Å². The molecular weight excluding hydrogens is 1140 g/mol. The van der Waals surface area contributed by atoms with Crippen LogP contribution < -0.4 is 0 Å². The molecule has 7 aliphatic heterocycles. The van der Waals surface area contributed by atoms with Crippen LogP contribution in [0.2, 0.25) is 0 Å². The van der Waals surface area contributed by atoms with E-state index in [0.29, 0.717) is 0 Å². The molecule has 0 radical (unpaired) electrons. The molecule has 82 heavy (non-hydrogen) atoms. The molecule has 7 rings (SSSR count). The molecule has 0 aromatic heterocycles. The van der Waals surface area contributed by atoms with Gasteiger partial charge >= 0.3 is 5.97 Å². The SMILES string of the molecule is O=C(O)[C@@]1(O)C[C@@H](O)[C@@H](O[C@H]2O[C@H](CO[C@@H]3O[C@H](CO)[C@@H](O)[C@H](O)[C@H]3O[C@H]3O[C@H](CO)[C@@H](O)[C@H](O)[C@H]3O)[C@@H](O[C@@H]3O[C@H](CO)[C@@H](O)[C@H](O)[C@H]3O[C@H]3O[C@H](CO)[C@@H](O)[C@H](O)[C@H]3O)[C@H](O[C@@H]3O[C@H](CO)[C@@H](O)[C@H](O)[C@H]3O)[C@H]2O)[C@@H]([C@H](O)CO)O1. The highest BCUT2D eigenvalue weighted by atomic mass is 16.8. The lowest BCUT2D eigenvalue weighted by Crippen LogP contribution is -2.69. The molecule has 7 fully saturated rings. The number of aliphatic carboxylic acids is 1. The topological polar surface area (TPSA) is 623 Å². The van der Waals surface area contributed by atoms with Gasteiger partial charge in [0, 0.05) is 6.42 Å². The van der Waals surface area contributed by atoms with Crippen LogP contribution in [0.25, 0.3) is 0 Å². The van der Waals surface area contributed by atoms with E-state index < -0.39 is 273 Å². The van der Waals surface area contributed by atoms with E-state index in [0.717, 1.165) is 0 Å². The maximum Gasteiger partial charge on any atom is 0.364 e. The molecule has 24 N–H and O–H groups in total. The molecule has 0 spiro atoms. The zero-order valence-corrected chi connectivity index (χ0v) is 42.7. The molecular formula is C44H74O38. The van der Waals surface area contributed by atoms with Gasteiger partial charge in [-0.1, -0.05) is 0 Å². The molecule has 0 unspecified atom stereocenters.